The number of carbonyl (C=O) groups excluding carboxylic acids is 1. The van der Waals surface area contributed by atoms with Gasteiger partial charge in [0.1, 0.15) is 0 Å². The van der Waals surface area contributed by atoms with Crippen molar-refractivity contribution in [3.05, 3.63) is 35.9 Å². The van der Waals surface area contributed by atoms with Crippen LogP contribution in [-0.2, 0) is 11.2 Å². The summed E-state index contributed by atoms with van der Waals surface area (Å²) in [6.07, 6.45) is 15.4. The van der Waals surface area contributed by atoms with Crippen LogP contribution < -0.4 is 16.4 Å². The zero-order valence-corrected chi connectivity index (χ0v) is 19.0. The average molecular weight is 414 g/mol. The van der Waals surface area contributed by atoms with Crippen molar-refractivity contribution in [3.63, 3.8) is 0 Å². The normalized spacial score (nSPS) is 24.9. The molecule has 4 N–H and O–H groups in total. The summed E-state index contributed by atoms with van der Waals surface area (Å²) in [5.74, 6) is 1.35. The van der Waals surface area contributed by atoms with Gasteiger partial charge in [-0.2, -0.15) is 0 Å². The van der Waals surface area contributed by atoms with E-state index in [1.54, 1.807) is 7.05 Å². The van der Waals surface area contributed by atoms with Gasteiger partial charge in [-0.3, -0.25) is 4.79 Å². The van der Waals surface area contributed by atoms with Crippen LogP contribution in [0.3, 0.4) is 0 Å². The summed E-state index contributed by atoms with van der Waals surface area (Å²) in [7, 11) is 1.74. The van der Waals surface area contributed by atoms with Gasteiger partial charge in [0.05, 0.1) is 5.54 Å². The number of carbonyl (C=O) groups is 1. The number of amides is 1. The standard InChI is InChI=1S/C26H43N3O/c1-28-25(30)26(27,17-15-21-9-4-2-5-10-21)20-23-13-8-14-24(19-23)29-18-16-22-11-6-3-7-12-22/h3,6-7,11-12,21,23-24,29H,2,4-5,8-10,13-20,27H2,1H3,(H,28,30)/t23-,24+,26+/m0/s1. The molecule has 0 aliphatic heterocycles. The lowest BCUT2D eigenvalue weighted by molar-refractivity contribution is -0.127. The predicted molar refractivity (Wildman–Crippen MR) is 125 cm³/mol. The number of hydrogen-bond acceptors (Lipinski definition) is 3. The number of rotatable bonds is 10. The van der Waals surface area contributed by atoms with Gasteiger partial charge in [0, 0.05) is 13.1 Å². The molecule has 2 saturated carbocycles. The van der Waals surface area contributed by atoms with Crippen molar-refractivity contribution < 1.29 is 4.79 Å². The Kier molecular flexibility index (Phi) is 9.20. The van der Waals surface area contributed by atoms with Crippen molar-refractivity contribution in [1.82, 2.24) is 10.6 Å². The van der Waals surface area contributed by atoms with E-state index in [1.807, 2.05) is 0 Å². The van der Waals surface area contributed by atoms with Crippen LogP contribution in [-0.4, -0.2) is 31.1 Å². The first-order valence-electron chi connectivity index (χ1n) is 12.4. The number of nitrogens with two attached hydrogens (primary N) is 1. The molecular weight excluding hydrogens is 370 g/mol. The van der Waals surface area contributed by atoms with E-state index in [9.17, 15) is 4.79 Å². The van der Waals surface area contributed by atoms with E-state index in [0.717, 1.165) is 44.6 Å². The highest BCUT2D eigenvalue weighted by Crippen LogP contribution is 2.35. The highest BCUT2D eigenvalue weighted by atomic mass is 16.2. The Labute approximate surface area is 183 Å². The Hall–Kier alpha value is -1.39. The molecule has 1 aromatic carbocycles. The topological polar surface area (TPSA) is 67.2 Å². The molecule has 0 heterocycles. The van der Waals surface area contributed by atoms with E-state index >= 15 is 0 Å². The van der Waals surface area contributed by atoms with Gasteiger partial charge >= 0.3 is 0 Å². The molecule has 2 aliphatic carbocycles. The quantitative estimate of drug-likeness (QED) is 0.526. The zero-order chi connectivity index (χ0) is 21.2. The Bertz CT molecular complexity index is 628. The van der Waals surface area contributed by atoms with Gasteiger partial charge in [0.25, 0.3) is 0 Å². The molecular formula is C26H43N3O. The first-order chi connectivity index (χ1) is 14.6. The molecule has 3 atom stereocenters. The Balaban J connectivity index is 1.48. The fraction of sp³-hybridized carbons (Fsp3) is 0.731. The fourth-order valence-electron chi connectivity index (χ4n) is 5.74. The molecule has 1 aromatic rings. The Morgan fingerprint density at radius 2 is 1.77 bits per heavy atom. The second kappa shape index (κ2) is 11.9. The first kappa shape index (κ1) is 23.3. The van der Waals surface area contributed by atoms with Gasteiger partial charge in [-0.1, -0.05) is 75.3 Å². The Morgan fingerprint density at radius 1 is 1.03 bits per heavy atom. The molecule has 0 radical (unpaired) electrons. The Morgan fingerprint density at radius 3 is 2.50 bits per heavy atom. The summed E-state index contributed by atoms with van der Waals surface area (Å²) >= 11 is 0. The number of benzene rings is 1. The lowest BCUT2D eigenvalue weighted by Gasteiger charge is -2.37. The van der Waals surface area contributed by atoms with E-state index in [1.165, 1.54) is 56.9 Å². The number of likely N-dealkylation sites (N-methyl/N-ethyl adjacent to an activating group) is 1. The van der Waals surface area contributed by atoms with Crippen molar-refractivity contribution in [2.24, 2.45) is 17.6 Å². The molecule has 3 rings (SSSR count). The molecule has 1 amide bonds. The van der Waals surface area contributed by atoms with Crippen LogP contribution in [0.15, 0.2) is 30.3 Å². The molecule has 0 unspecified atom stereocenters. The summed E-state index contributed by atoms with van der Waals surface area (Å²) in [5.41, 5.74) is 7.47. The predicted octanol–water partition coefficient (Wildman–Crippen LogP) is 4.57. The molecule has 4 heteroatoms. The molecule has 0 bridgehead atoms. The largest absolute Gasteiger partial charge is 0.358 e. The summed E-state index contributed by atoms with van der Waals surface area (Å²) in [5, 5.41) is 6.64. The summed E-state index contributed by atoms with van der Waals surface area (Å²) in [4.78, 5) is 12.7. The second-order valence-electron chi connectivity index (χ2n) is 9.90. The molecule has 0 saturated heterocycles. The highest BCUT2D eigenvalue weighted by molar-refractivity contribution is 5.85. The van der Waals surface area contributed by atoms with Gasteiger partial charge < -0.3 is 16.4 Å². The van der Waals surface area contributed by atoms with Crippen LogP contribution >= 0.6 is 0 Å². The van der Waals surface area contributed by atoms with E-state index < -0.39 is 5.54 Å². The van der Waals surface area contributed by atoms with Crippen molar-refractivity contribution in [1.29, 1.82) is 0 Å². The number of nitrogens with one attached hydrogen (secondary N) is 2. The van der Waals surface area contributed by atoms with E-state index in [-0.39, 0.29) is 5.91 Å². The van der Waals surface area contributed by atoms with Crippen molar-refractivity contribution in [2.45, 2.75) is 95.1 Å². The first-order valence-corrected chi connectivity index (χ1v) is 12.4. The van der Waals surface area contributed by atoms with Gasteiger partial charge in [-0.25, -0.2) is 0 Å². The van der Waals surface area contributed by atoms with Gasteiger partial charge in [0.2, 0.25) is 5.91 Å². The van der Waals surface area contributed by atoms with Crippen LogP contribution in [0.2, 0.25) is 0 Å². The minimum Gasteiger partial charge on any atom is -0.358 e. The molecule has 0 spiro atoms. The van der Waals surface area contributed by atoms with E-state index in [4.69, 9.17) is 5.73 Å². The third-order valence-electron chi connectivity index (χ3n) is 7.53. The number of hydrogen-bond donors (Lipinski definition) is 3. The maximum absolute atomic E-state index is 12.7. The van der Waals surface area contributed by atoms with Crippen LogP contribution in [0.5, 0.6) is 0 Å². The van der Waals surface area contributed by atoms with Crippen LogP contribution in [0.1, 0.15) is 82.6 Å². The van der Waals surface area contributed by atoms with Gasteiger partial charge in [-0.05, 0) is 62.5 Å². The molecule has 4 nitrogen and oxygen atoms in total. The van der Waals surface area contributed by atoms with Crippen LogP contribution in [0.25, 0.3) is 0 Å². The molecule has 0 aromatic heterocycles. The molecule has 168 valence electrons. The van der Waals surface area contributed by atoms with Crippen LogP contribution in [0, 0.1) is 11.8 Å². The smallest absolute Gasteiger partial charge is 0.239 e. The molecule has 2 fully saturated rings. The van der Waals surface area contributed by atoms with Gasteiger partial charge in [0.15, 0.2) is 0 Å². The van der Waals surface area contributed by atoms with Crippen molar-refractivity contribution in [2.75, 3.05) is 13.6 Å². The lowest BCUT2D eigenvalue weighted by atomic mass is 9.74. The SMILES string of the molecule is CNC(=O)[C@@](N)(CCC1CCCCC1)C[C@H]1CCC[C@@H](NCCc2ccccc2)C1. The van der Waals surface area contributed by atoms with Crippen LogP contribution in [0.4, 0.5) is 0 Å². The van der Waals surface area contributed by atoms with E-state index in [2.05, 4.69) is 41.0 Å². The summed E-state index contributed by atoms with van der Waals surface area (Å²) < 4.78 is 0. The summed E-state index contributed by atoms with van der Waals surface area (Å²) in [6.45, 7) is 1.02. The third kappa shape index (κ3) is 7.09. The molecule has 2 aliphatic rings. The average Bonchev–Trinajstić information content (AvgIpc) is 2.79. The zero-order valence-electron chi connectivity index (χ0n) is 19.0. The molecule has 30 heavy (non-hydrogen) atoms. The third-order valence-corrected chi connectivity index (χ3v) is 7.53. The monoisotopic (exact) mass is 413 g/mol. The maximum Gasteiger partial charge on any atom is 0.239 e. The van der Waals surface area contributed by atoms with Gasteiger partial charge in [-0.15, -0.1) is 0 Å². The van der Waals surface area contributed by atoms with E-state index in [0.29, 0.717) is 12.0 Å². The minimum atomic E-state index is -0.706. The minimum absolute atomic E-state index is 0.0393. The second-order valence-corrected chi connectivity index (χ2v) is 9.90. The summed E-state index contributed by atoms with van der Waals surface area (Å²) in [6, 6.07) is 11.2. The van der Waals surface area contributed by atoms with Crippen molar-refractivity contribution in [3.8, 4) is 0 Å². The van der Waals surface area contributed by atoms with Crippen molar-refractivity contribution >= 4 is 5.91 Å². The highest BCUT2D eigenvalue weighted by Gasteiger charge is 2.37. The lowest BCUT2D eigenvalue weighted by Crippen LogP contribution is -2.55. The maximum atomic E-state index is 12.7. The fourth-order valence-corrected chi connectivity index (χ4v) is 5.74.